The van der Waals surface area contributed by atoms with E-state index in [0.717, 1.165) is 27.3 Å². The second-order valence-electron chi connectivity index (χ2n) is 3.40. The quantitative estimate of drug-likeness (QED) is 0.835. The summed E-state index contributed by atoms with van der Waals surface area (Å²) in [6, 6.07) is 8.30. The van der Waals surface area contributed by atoms with Crippen molar-refractivity contribution in [1.82, 2.24) is 5.32 Å². The van der Waals surface area contributed by atoms with Gasteiger partial charge in [0.2, 0.25) is 0 Å². The number of nitrogens with zero attached hydrogens (tertiary/aromatic N) is 1. The van der Waals surface area contributed by atoms with Crippen LogP contribution in [0.4, 0.5) is 0 Å². The lowest BCUT2D eigenvalue weighted by Crippen LogP contribution is -2.04. The van der Waals surface area contributed by atoms with Crippen LogP contribution in [-0.4, -0.2) is 53.1 Å². The molecule has 9 heteroatoms. The van der Waals surface area contributed by atoms with E-state index in [1.807, 2.05) is 0 Å². The normalized spacial score (nSPS) is 12.3. The Balaban J connectivity index is 0.000000298. The van der Waals surface area contributed by atoms with Crippen molar-refractivity contribution in [3.63, 3.8) is 0 Å². The molecule has 1 aromatic rings. The molecule has 0 saturated carbocycles. The Morgan fingerprint density at radius 2 is 1.81 bits per heavy atom. The average molecular weight is 318 g/mol. The third-order valence-electron chi connectivity index (χ3n) is 2.00. The van der Waals surface area contributed by atoms with Crippen molar-refractivity contribution in [2.75, 3.05) is 27.3 Å². The summed E-state index contributed by atoms with van der Waals surface area (Å²) in [7, 11) is -1.60. The molecule has 0 aliphatic carbocycles. The number of carboxylic acid groups (broad SMARTS) is 1. The Bertz CT molecular complexity index is 514. The van der Waals surface area contributed by atoms with Crippen LogP contribution in [0.1, 0.15) is 10.4 Å². The van der Waals surface area contributed by atoms with Gasteiger partial charge in [-0.25, -0.2) is 4.79 Å². The average Bonchev–Trinajstić information content (AvgIpc) is 3.08. The van der Waals surface area contributed by atoms with Gasteiger partial charge in [-0.15, -0.1) is 0 Å². The molecular weight excluding hydrogens is 300 g/mol. The number of carboxylic acids is 1. The van der Waals surface area contributed by atoms with Crippen molar-refractivity contribution < 1.29 is 26.7 Å². The van der Waals surface area contributed by atoms with E-state index in [2.05, 4.69) is 18.7 Å². The van der Waals surface area contributed by atoms with E-state index in [-0.39, 0.29) is 0 Å². The first-order valence-corrected chi connectivity index (χ1v) is 7.12. The van der Waals surface area contributed by atoms with Gasteiger partial charge < -0.3 is 10.4 Å². The third kappa shape index (κ3) is 10.5. The Morgan fingerprint density at radius 1 is 1.24 bits per heavy atom. The zero-order valence-electron chi connectivity index (χ0n) is 11.7. The molecule has 1 aliphatic heterocycles. The number of carbonyl (C=O) groups is 1. The van der Waals surface area contributed by atoms with Crippen molar-refractivity contribution in [2.45, 2.75) is 0 Å². The molecule has 118 valence electrons. The highest BCUT2D eigenvalue weighted by Crippen LogP contribution is 1.96. The highest BCUT2D eigenvalue weighted by Gasteiger charge is 2.01. The van der Waals surface area contributed by atoms with Crippen molar-refractivity contribution >= 4 is 22.7 Å². The molecule has 0 radical (unpaired) electrons. The van der Waals surface area contributed by atoms with Crippen LogP contribution < -0.4 is 5.32 Å². The zero-order chi connectivity index (χ0) is 16.1. The van der Waals surface area contributed by atoms with Crippen LogP contribution in [0, 0.1) is 0 Å². The van der Waals surface area contributed by atoms with Gasteiger partial charge in [-0.3, -0.25) is 13.4 Å². The smallest absolute Gasteiger partial charge is 0.399 e. The predicted molar refractivity (Wildman–Crippen MR) is 77.7 cm³/mol. The fourth-order valence-corrected chi connectivity index (χ4v) is 1.11. The highest BCUT2D eigenvalue weighted by molar-refractivity contribution is 7.81. The van der Waals surface area contributed by atoms with Crippen molar-refractivity contribution in [1.29, 1.82) is 0 Å². The SMILES string of the molecule is C1=NCCN1.COS(=O)(=O)OC.O=C(O)c1ccccc1. The van der Waals surface area contributed by atoms with Gasteiger partial charge in [-0.2, -0.15) is 8.42 Å². The van der Waals surface area contributed by atoms with E-state index in [9.17, 15) is 13.2 Å². The monoisotopic (exact) mass is 318 g/mol. The molecule has 0 unspecified atom stereocenters. The van der Waals surface area contributed by atoms with E-state index < -0.39 is 16.4 Å². The Morgan fingerprint density at radius 3 is 2.00 bits per heavy atom. The molecule has 1 aromatic carbocycles. The molecule has 0 spiro atoms. The van der Waals surface area contributed by atoms with E-state index in [0.29, 0.717) is 5.56 Å². The summed E-state index contributed by atoms with van der Waals surface area (Å²) in [5.74, 6) is -0.879. The summed E-state index contributed by atoms with van der Waals surface area (Å²) in [6.07, 6.45) is 1.74. The van der Waals surface area contributed by atoms with Gasteiger partial charge in [-0.1, -0.05) is 18.2 Å². The minimum absolute atomic E-state index is 0.331. The molecule has 0 saturated heterocycles. The van der Waals surface area contributed by atoms with E-state index in [4.69, 9.17) is 5.11 Å². The lowest BCUT2D eigenvalue weighted by Gasteiger charge is -1.91. The summed E-state index contributed by atoms with van der Waals surface area (Å²) in [5, 5.41) is 11.3. The fourth-order valence-electron chi connectivity index (χ4n) is 0.972. The Kier molecular flexibility index (Phi) is 9.76. The summed E-state index contributed by atoms with van der Waals surface area (Å²) >= 11 is 0. The number of aliphatic imine (C=N–C) groups is 1. The Labute approximate surface area is 123 Å². The maximum Gasteiger partial charge on any atom is 0.399 e. The van der Waals surface area contributed by atoms with Gasteiger partial charge in [-0.05, 0) is 12.1 Å². The highest BCUT2D eigenvalue weighted by atomic mass is 32.3. The van der Waals surface area contributed by atoms with Gasteiger partial charge in [0.05, 0.1) is 32.7 Å². The first-order chi connectivity index (χ1) is 9.93. The molecule has 2 N–H and O–H groups in total. The maximum atomic E-state index is 10.2. The topological polar surface area (TPSA) is 114 Å². The Hall–Kier alpha value is -1.97. The lowest BCUT2D eigenvalue weighted by molar-refractivity contribution is 0.0697. The van der Waals surface area contributed by atoms with Gasteiger partial charge in [0.15, 0.2) is 0 Å². The van der Waals surface area contributed by atoms with E-state index in [1.54, 1.807) is 36.7 Å². The molecule has 8 nitrogen and oxygen atoms in total. The molecule has 21 heavy (non-hydrogen) atoms. The first kappa shape index (κ1) is 19.0. The molecular formula is C12H18N2O6S. The van der Waals surface area contributed by atoms with Crippen molar-refractivity contribution in [2.24, 2.45) is 4.99 Å². The van der Waals surface area contributed by atoms with Crippen molar-refractivity contribution in [3.8, 4) is 0 Å². The molecule has 0 amide bonds. The minimum atomic E-state index is -3.66. The lowest BCUT2D eigenvalue weighted by atomic mass is 10.2. The minimum Gasteiger partial charge on any atom is -0.478 e. The van der Waals surface area contributed by atoms with Crippen LogP contribution in [0.2, 0.25) is 0 Å². The van der Waals surface area contributed by atoms with Crippen LogP contribution in [0.3, 0.4) is 0 Å². The summed E-state index contributed by atoms with van der Waals surface area (Å²) in [5.41, 5.74) is 0.331. The number of nitrogens with one attached hydrogen (secondary N) is 1. The van der Waals surface area contributed by atoms with Crippen LogP contribution in [0.5, 0.6) is 0 Å². The summed E-state index contributed by atoms with van der Waals surface area (Å²) < 4.78 is 27.5. The number of hydrogen-bond donors (Lipinski definition) is 2. The van der Waals surface area contributed by atoms with Crippen molar-refractivity contribution in [3.05, 3.63) is 35.9 Å². The van der Waals surface area contributed by atoms with Crippen LogP contribution in [0.25, 0.3) is 0 Å². The third-order valence-corrected chi connectivity index (χ3v) is 2.81. The summed E-state index contributed by atoms with van der Waals surface area (Å²) in [6.45, 7) is 1.99. The van der Waals surface area contributed by atoms with Gasteiger partial charge in [0.25, 0.3) is 0 Å². The fraction of sp³-hybridized carbons (Fsp3) is 0.333. The molecule has 0 fully saturated rings. The van der Waals surface area contributed by atoms with Gasteiger partial charge in [0, 0.05) is 6.54 Å². The maximum absolute atomic E-state index is 10.2. The standard InChI is InChI=1S/C7H6O2.C3H6N2.C2H6O4S/c8-7(9)6-4-2-1-3-5-6;1-2-5-3-4-1;1-5-7(3,4)6-2/h1-5H,(H,8,9);3H,1-2H2,(H,4,5);1-2H3. The van der Waals surface area contributed by atoms with Crippen LogP contribution in [-0.2, 0) is 18.8 Å². The number of aromatic carboxylic acids is 1. The van der Waals surface area contributed by atoms with Crippen LogP contribution in [0.15, 0.2) is 35.3 Å². The largest absolute Gasteiger partial charge is 0.478 e. The molecule has 0 aromatic heterocycles. The molecule has 1 heterocycles. The molecule has 1 aliphatic rings. The molecule has 0 bridgehead atoms. The predicted octanol–water partition coefficient (Wildman–Crippen LogP) is 0.527. The van der Waals surface area contributed by atoms with E-state index >= 15 is 0 Å². The van der Waals surface area contributed by atoms with Gasteiger partial charge in [0.1, 0.15) is 0 Å². The molecule has 2 rings (SSSR count). The summed E-state index contributed by atoms with van der Waals surface area (Å²) in [4.78, 5) is 14.0. The second kappa shape index (κ2) is 10.8. The van der Waals surface area contributed by atoms with Gasteiger partial charge >= 0.3 is 16.4 Å². The van der Waals surface area contributed by atoms with E-state index in [1.165, 1.54) is 0 Å². The second-order valence-corrected chi connectivity index (χ2v) is 4.89. The number of benzene rings is 1. The number of hydrogen-bond acceptors (Lipinski definition) is 7. The number of rotatable bonds is 3. The van der Waals surface area contributed by atoms with Crippen LogP contribution >= 0.6 is 0 Å². The molecule has 0 atom stereocenters. The zero-order valence-corrected chi connectivity index (χ0v) is 12.5. The first-order valence-electron chi connectivity index (χ1n) is 5.79.